The van der Waals surface area contributed by atoms with Gasteiger partial charge in [-0.2, -0.15) is 83.4 Å². The first-order chi connectivity index (χ1) is 53.1. The zero-order valence-electron chi connectivity index (χ0n) is 58.3. The van der Waals surface area contributed by atoms with Gasteiger partial charge in [0, 0.05) is 48.4 Å². The number of thiazole rings is 1. The Morgan fingerprint density at radius 2 is 0.964 bits per heavy atom. The van der Waals surface area contributed by atoms with Crippen LogP contribution in [-0.4, -0.2) is 92.9 Å². The first kappa shape index (κ1) is 80.3. The molecule has 574 valence electrons. The summed E-state index contributed by atoms with van der Waals surface area (Å²) in [4.78, 5) is 64.4. The van der Waals surface area contributed by atoms with E-state index in [1.807, 2.05) is 24.3 Å². The number of aryl methyl sites for hydroxylation is 1. The maximum atomic E-state index is 12.8. The van der Waals surface area contributed by atoms with Crippen molar-refractivity contribution in [1.29, 1.82) is 5.26 Å². The molecule has 4 N–H and O–H groups in total. The normalized spacial score (nSPS) is 11.7. The summed E-state index contributed by atoms with van der Waals surface area (Å²) < 4.78 is 159. The molecule has 0 aliphatic heterocycles. The van der Waals surface area contributed by atoms with Crippen molar-refractivity contribution in [2.45, 2.75) is 78.6 Å². The predicted molar refractivity (Wildman–Crippen MR) is 392 cm³/mol. The van der Waals surface area contributed by atoms with Crippen molar-refractivity contribution >= 4 is 125 Å². The molecule has 9 heterocycles. The van der Waals surface area contributed by atoms with Gasteiger partial charge in [0.1, 0.15) is 10.6 Å². The van der Waals surface area contributed by atoms with Gasteiger partial charge < -0.3 is 21.3 Å². The van der Waals surface area contributed by atoms with Gasteiger partial charge >= 0.3 is 24.7 Å². The molecule has 14 aromatic rings. The van der Waals surface area contributed by atoms with Crippen LogP contribution in [0.4, 0.5) is 76.0 Å². The van der Waals surface area contributed by atoms with Crippen molar-refractivity contribution in [2.24, 2.45) is 5.92 Å². The zero-order chi connectivity index (χ0) is 80.6. The lowest BCUT2D eigenvalue weighted by molar-refractivity contribution is -0.141. The van der Waals surface area contributed by atoms with Crippen LogP contribution in [0.5, 0.6) is 0 Å². The van der Waals surface area contributed by atoms with E-state index in [9.17, 15) is 77.1 Å². The van der Waals surface area contributed by atoms with E-state index in [2.05, 4.69) is 71.8 Å². The van der Waals surface area contributed by atoms with Gasteiger partial charge in [-0.15, -0.1) is 16.4 Å². The SMILES string of the molecule is CC(=O)Nc1nn(Cc2ccc(C(F)(F)F)cc2)c2cncc(Cl)c12.CC(C)C(=O)Nc1nn(Cc2ccc(C(F)(F)F)cc2)c2cncc(Cl)c12.Cc1ncsc1C(=O)Nc1nn(Cc2ccc(C(F)(F)F)nc2)c2ccc(C#N)cc12.O=C(Nc1nn(Cc2ccc(C(F)(F)F)cc2)c2ccccc12)c1cccnn1. The number of nitrogens with zero attached hydrogens (tertiary/aromatic N) is 15. The molecular formula is C74H55Cl2F12N19O4S. The highest BCUT2D eigenvalue weighted by molar-refractivity contribution is 7.12. The average Bonchev–Trinajstić information content (AvgIpc) is 1.65. The Balaban J connectivity index is 0.000000148. The molecule has 9 aromatic heterocycles. The van der Waals surface area contributed by atoms with Crippen molar-refractivity contribution in [2.75, 3.05) is 21.3 Å². The summed E-state index contributed by atoms with van der Waals surface area (Å²) in [6, 6.07) is 34.1. The molecule has 0 unspecified atom stereocenters. The van der Waals surface area contributed by atoms with Gasteiger partial charge in [-0.3, -0.25) is 52.9 Å². The standard InChI is InChI=1S/C20H13F3N6OS.C20H14F3N5O.C18H16ClF3N4O.C16H12ClF3N4O/c1-11-17(31-10-26-11)19(30)27-18-14-6-12(7-24)2-4-15(14)29(28-18)9-13-3-5-16(25-8-13)20(21,22)23;21-20(22,23)14-9-7-13(8-10-14)12-28-17-6-2-1-4-15(17)18(27-28)25-19(29)16-5-3-11-24-26-16;1-10(2)17(27)24-16-15-13(19)7-23-8-14(15)26(25-16)9-11-3-5-12(6-4-11)18(20,21)22;1-9(25)22-15-14-12(17)6-21-7-13(14)24(23-15)8-10-2-4-11(5-3-10)16(18,19)20/h2-6,8,10H,9H2,1H3,(H,27,28,30);1-11H,12H2,(H,25,27,29);3-8,10H,9H2,1-2H3,(H,24,25,27);2-7H,8H2,1H3,(H,22,23,25). The van der Waals surface area contributed by atoms with Gasteiger partial charge in [0.25, 0.3) is 11.8 Å². The minimum atomic E-state index is -4.52. The molecule has 4 amide bonds. The highest BCUT2D eigenvalue weighted by Gasteiger charge is 2.34. The average molecular weight is 1610 g/mol. The third-order valence-corrected chi connectivity index (χ3v) is 17.8. The second kappa shape index (κ2) is 33.6. The zero-order valence-corrected chi connectivity index (χ0v) is 60.6. The van der Waals surface area contributed by atoms with Gasteiger partial charge in [-0.05, 0) is 114 Å². The molecule has 5 aromatic carbocycles. The quantitative estimate of drug-likeness (QED) is 0.0694. The minimum absolute atomic E-state index is 0.128. The summed E-state index contributed by atoms with van der Waals surface area (Å²) in [5.41, 5.74) is 4.42. The van der Waals surface area contributed by atoms with Gasteiger partial charge in [0.05, 0.1) is 121 Å². The number of pyridine rings is 3. The molecule has 0 aliphatic rings. The van der Waals surface area contributed by atoms with Crippen molar-refractivity contribution in [3.05, 3.63) is 259 Å². The number of rotatable bonds is 15. The number of carbonyl (C=O) groups excluding carboxylic acids is 4. The third-order valence-electron chi connectivity index (χ3n) is 16.3. The Morgan fingerprint density at radius 3 is 1.41 bits per heavy atom. The number of nitriles is 1. The van der Waals surface area contributed by atoms with Crippen molar-refractivity contribution in [3.63, 3.8) is 0 Å². The van der Waals surface area contributed by atoms with E-state index >= 15 is 0 Å². The summed E-state index contributed by atoms with van der Waals surface area (Å²) in [5.74, 6) is -0.468. The fourth-order valence-electron chi connectivity index (χ4n) is 10.9. The fourth-order valence-corrected chi connectivity index (χ4v) is 12.0. The van der Waals surface area contributed by atoms with Crippen LogP contribution in [0.3, 0.4) is 0 Å². The van der Waals surface area contributed by atoms with E-state index in [4.69, 9.17) is 23.2 Å². The van der Waals surface area contributed by atoms with E-state index in [1.54, 1.807) is 72.2 Å². The topological polar surface area (TPSA) is 289 Å². The number of anilines is 4. The maximum absolute atomic E-state index is 12.8. The number of aromatic nitrogens is 14. The number of benzene rings is 5. The third kappa shape index (κ3) is 19.4. The van der Waals surface area contributed by atoms with Gasteiger partial charge in [0.15, 0.2) is 29.0 Å². The summed E-state index contributed by atoms with van der Waals surface area (Å²) in [6.07, 6.45) is -9.11. The number of alkyl halides is 12. The summed E-state index contributed by atoms with van der Waals surface area (Å²) in [6.45, 7) is 7.34. The Labute approximate surface area is 638 Å². The molecule has 0 radical (unpaired) electrons. The molecule has 0 fully saturated rings. The molecule has 0 spiro atoms. The first-order valence-corrected chi connectivity index (χ1v) is 34.5. The van der Waals surface area contributed by atoms with Crippen LogP contribution in [0.2, 0.25) is 10.0 Å². The van der Waals surface area contributed by atoms with Gasteiger partial charge in [-0.25, -0.2) is 4.98 Å². The summed E-state index contributed by atoms with van der Waals surface area (Å²) >= 11 is 13.6. The molecule has 0 aliphatic carbocycles. The first-order valence-electron chi connectivity index (χ1n) is 32.9. The van der Waals surface area contributed by atoms with Crippen molar-refractivity contribution in [1.82, 2.24) is 69.3 Å². The van der Waals surface area contributed by atoms with Gasteiger partial charge in [-0.1, -0.05) is 91.6 Å². The number of fused-ring (bicyclic) bond motifs is 4. The van der Waals surface area contributed by atoms with Crippen molar-refractivity contribution in [3.8, 4) is 6.07 Å². The molecule has 0 saturated carbocycles. The van der Waals surface area contributed by atoms with E-state index in [-0.39, 0.29) is 67.1 Å². The molecule has 112 heavy (non-hydrogen) atoms. The minimum Gasteiger partial charge on any atom is -0.309 e. The number of hydrogen-bond donors (Lipinski definition) is 4. The van der Waals surface area contributed by atoms with Crippen LogP contribution >= 0.6 is 34.5 Å². The predicted octanol–water partition coefficient (Wildman–Crippen LogP) is 17.4. The Hall–Kier alpha value is -12.8. The van der Waals surface area contributed by atoms with Crippen molar-refractivity contribution < 1.29 is 71.9 Å². The van der Waals surface area contributed by atoms with Gasteiger partial charge in [0.2, 0.25) is 11.8 Å². The van der Waals surface area contributed by atoms with E-state index in [1.165, 1.54) is 101 Å². The van der Waals surface area contributed by atoms with Crippen LogP contribution in [0.1, 0.15) is 96.8 Å². The number of para-hydroxylation sites is 1. The van der Waals surface area contributed by atoms with Crippen LogP contribution in [0.25, 0.3) is 43.6 Å². The second-order valence-electron chi connectivity index (χ2n) is 24.7. The molecule has 0 atom stereocenters. The largest absolute Gasteiger partial charge is 0.433 e. The maximum Gasteiger partial charge on any atom is 0.433 e. The molecule has 0 bridgehead atoms. The number of hydrogen-bond acceptors (Lipinski definition) is 16. The lowest BCUT2D eigenvalue weighted by Crippen LogP contribution is -2.18. The molecule has 23 nitrogen and oxygen atoms in total. The Morgan fingerprint density at radius 1 is 0.500 bits per heavy atom. The highest BCUT2D eigenvalue weighted by Crippen LogP contribution is 2.37. The number of carbonyl (C=O) groups is 4. The van der Waals surface area contributed by atoms with Crippen LogP contribution < -0.4 is 21.3 Å². The molecule has 14 rings (SSSR count). The molecule has 38 heteroatoms. The lowest BCUT2D eigenvalue weighted by atomic mass is 10.1. The second-order valence-corrected chi connectivity index (χ2v) is 26.3. The lowest BCUT2D eigenvalue weighted by Gasteiger charge is -2.08. The monoisotopic (exact) mass is 1600 g/mol. The van der Waals surface area contributed by atoms with Crippen LogP contribution in [0, 0.1) is 24.2 Å². The van der Waals surface area contributed by atoms with E-state index < -0.39 is 53.0 Å². The van der Waals surface area contributed by atoms with Crippen LogP contribution in [0.15, 0.2) is 182 Å². The summed E-state index contributed by atoms with van der Waals surface area (Å²) in [7, 11) is 0. The molecular weight excluding hydrogens is 1550 g/mol. The Kier molecular flexibility index (Phi) is 24.1. The number of halogens is 14. The number of nitrogens with one attached hydrogen (secondary N) is 4. The fraction of sp³-hybridized carbons (Fsp3) is 0.176. The smallest absolute Gasteiger partial charge is 0.309 e. The number of amides is 4. The summed E-state index contributed by atoms with van der Waals surface area (Å²) in [5, 5.41) is 47.9. The Bertz CT molecular complexity index is 5800. The molecule has 0 saturated heterocycles. The van der Waals surface area contributed by atoms with Crippen LogP contribution in [-0.2, 0) is 60.5 Å². The van der Waals surface area contributed by atoms with E-state index in [0.717, 1.165) is 54.2 Å². The van der Waals surface area contributed by atoms with E-state index in [0.29, 0.717) is 98.2 Å². The highest BCUT2D eigenvalue weighted by atomic mass is 35.5.